The summed E-state index contributed by atoms with van der Waals surface area (Å²) in [6.07, 6.45) is 1.10. The summed E-state index contributed by atoms with van der Waals surface area (Å²) in [5.74, 6) is 0. The van der Waals surface area contributed by atoms with Crippen LogP contribution in [0.25, 0.3) is 0 Å². The zero-order valence-corrected chi connectivity index (χ0v) is 10.3. The minimum atomic E-state index is -0.455. The molecule has 2 heterocycles. The van der Waals surface area contributed by atoms with Crippen molar-refractivity contribution >= 4 is 11.3 Å². The molecule has 0 spiro atoms. The van der Waals surface area contributed by atoms with Gasteiger partial charge in [-0.1, -0.05) is 6.92 Å². The van der Waals surface area contributed by atoms with Crippen LogP contribution in [0, 0.1) is 0 Å². The van der Waals surface area contributed by atoms with E-state index in [0.29, 0.717) is 26.2 Å². The van der Waals surface area contributed by atoms with Gasteiger partial charge in [0.05, 0.1) is 25.9 Å². The second kappa shape index (κ2) is 5.77. The summed E-state index contributed by atoms with van der Waals surface area (Å²) in [6.45, 7) is 3.88. The summed E-state index contributed by atoms with van der Waals surface area (Å²) < 4.78 is 10.8. The summed E-state index contributed by atoms with van der Waals surface area (Å²) in [6, 6.07) is 4.22. The number of aliphatic hydroxyl groups is 1. The van der Waals surface area contributed by atoms with Crippen LogP contribution in [0.15, 0.2) is 12.1 Å². The fourth-order valence-corrected chi connectivity index (χ4v) is 2.80. The average molecular weight is 242 g/mol. The molecule has 0 aliphatic carbocycles. The van der Waals surface area contributed by atoms with Crippen molar-refractivity contribution in [2.24, 2.45) is 0 Å². The Morgan fingerprint density at radius 1 is 1.44 bits per heavy atom. The van der Waals surface area contributed by atoms with Crippen LogP contribution in [0.5, 0.6) is 0 Å². The maximum Gasteiger partial charge on any atom is 0.107 e. The van der Waals surface area contributed by atoms with Crippen molar-refractivity contribution in [2.45, 2.75) is 32.0 Å². The van der Waals surface area contributed by atoms with Gasteiger partial charge in [-0.15, -0.1) is 11.3 Å². The van der Waals surface area contributed by atoms with E-state index in [1.807, 2.05) is 0 Å². The highest BCUT2D eigenvalue weighted by atomic mass is 32.1. The van der Waals surface area contributed by atoms with Gasteiger partial charge in [-0.25, -0.2) is 0 Å². The van der Waals surface area contributed by atoms with Gasteiger partial charge in [-0.05, 0) is 18.6 Å². The summed E-state index contributed by atoms with van der Waals surface area (Å²) in [4.78, 5) is 2.58. The molecule has 0 aromatic carbocycles. The lowest BCUT2D eigenvalue weighted by molar-refractivity contribution is -0.131. The number of hydrogen-bond donors (Lipinski definition) is 1. The Hall–Kier alpha value is -0.420. The van der Waals surface area contributed by atoms with E-state index in [4.69, 9.17) is 9.47 Å². The van der Waals surface area contributed by atoms with Crippen molar-refractivity contribution < 1.29 is 14.6 Å². The van der Waals surface area contributed by atoms with E-state index in [-0.39, 0.29) is 6.10 Å². The molecule has 0 amide bonds. The van der Waals surface area contributed by atoms with Crippen LogP contribution in [-0.4, -0.2) is 37.1 Å². The first-order chi connectivity index (χ1) is 7.79. The number of aryl methyl sites for hydroxylation is 1. The van der Waals surface area contributed by atoms with E-state index in [1.165, 1.54) is 9.75 Å². The molecule has 16 heavy (non-hydrogen) atoms. The Kier molecular flexibility index (Phi) is 4.35. The first-order valence-corrected chi connectivity index (χ1v) is 6.56. The molecule has 1 aromatic heterocycles. The number of aliphatic hydroxyl groups excluding tert-OH is 1. The first-order valence-electron chi connectivity index (χ1n) is 5.74. The van der Waals surface area contributed by atoms with Crippen molar-refractivity contribution in [1.29, 1.82) is 0 Å². The van der Waals surface area contributed by atoms with Crippen LogP contribution in [-0.2, 0) is 22.3 Å². The largest absolute Gasteiger partial charge is 0.390 e. The molecule has 0 bridgehead atoms. The van der Waals surface area contributed by atoms with Crippen LogP contribution >= 0.6 is 11.3 Å². The minimum Gasteiger partial charge on any atom is -0.390 e. The average Bonchev–Trinajstić information content (AvgIpc) is 2.78. The molecule has 0 saturated carbocycles. The Balaban J connectivity index is 1.87. The SMILES string of the molecule is CCc1ccc(CC(O)C2COCCO2)s1. The third kappa shape index (κ3) is 3.04. The number of ether oxygens (including phenoxy) is 2. The Morgan fingerprint density at radius 3 is 2.88 bits per heavy atom. The van der Waals surface area contributed by atoms with E-state index in [0.717, 1.165) is 6.42 Å². The van der Waals surface area contributed by atoms with Gasteiger partial charge in [0.2, 0.25) is 0 Å². The lowest BCUT2D eigenvalue weighted by Crippen LogP contribution is -2.39. The molecule has 0 radical (unpaired) electrons. The van der Waals surface area contributed by atoms with Crippen molar-refractivity contribution in [1.82, 2.24) is 0 Å². The molecule has 1 aromatic rings. The quantitative estimate of drug-likeness (QED) is 0.872. The van der Waals surface area contributed by atoms with Crippen LogP contribution in [0.1, 0.15) is 16.7 Å². The van der Waals surface area contributed by atoms with Crippen molar-refractivity contribution in [3.63, 3.8) is 0 Å². The molecule has 90 valence electrons. The predicted octanol–water partition coefficient (Wildman–Crippen LogP) is 1.63. The van der Waals surface area contributed by atoms with Gasteiger partial charge in [-0.3, -0.25) is 0 Å². The Bertz CT molecular complexity index is 318. The molecule has 1 N–H and O–H groups in total. The lowest BCUT2D eigenvalue weighted by atomic mass is 10.1. The minimum absolute atomic E-state index is 0.166. The fourth-order valence-electron chi connectivity index (χ4n) is 1.79. The first kappa shape index (κ1) is 12.0. The summed E-state index contributed by atoms with van der Waals surface area (Å²) in [5.41, 5.74) is 0. The van der Waals surface area contributed by atoms with Gasteiger partial charge < -0.3 is 14.6 Å². The summed E-state index contributed by atoms with van der Waals surface area (Å²) in [5, 5.41) is 10.0. The molecule has 1 aliphatic heterocycles. The smallest absolute Gasteiger partial charge is 0.107 e. The second-order valence-electron chi connectivity index (χ2n) is 3.98. The number of rotatable bonds is 4. The van der Waals surface area contributed by atoms with Gasteiger partial charge in [0.1, 0.15) is 6.10 Å². The van der Waals surface area contributed by atoms with Gasteiger partial charge in [-0.2, -0.15) is 0 Å². The third-order valence-corrected chi connectivity index (χ3v) is 4.00. The van der Waals surface area contributed by atoms with Gasteiger partial charge in [0, 0.05) is 16.2 Å². The summed E-state index contributed by atoms with van der Waals surface area (Å²) >= 11 is 1.77. The third-order valence-electron chi connectivity index (χ3n) is 2.75. The lowest BCUT2D eigenvalue weighted by Gasteiger charge is -2.26. The standard InChI is InChI=1S/C12H18O3S/c1-2-9-3-4-10(16-9)7-11(13)12-8-14-5-6-15-12/h3-4,11-13H,2,5-8H2,1H3. The predicted molar refractivity (Wildman–Crippen MR) is 64.0 cm³/mol. The van der Waals surface area contributed by atoms with Gasteiger partial charge >= 0.3 is 0 Å². The van der Waals surface area contributed by atoms with E-state index in [2.05, 4.69) is 19.1 Å². The summed E-state index contributed by atoms with van der Waals surface area (Å²) in [7, 11) is 0. The second-order valence-corrected chi connectivity index (χ2v) is 5.23. The monoisotopic (exact) mass is 242 g/mol. The molecular formula is C12H18O3S. The van der Waals surface area contributed by atoms with Gasteiger partial charge in [0.15, 0.2) is 0 Å². The van der Waals surface area contributed by atoms with Gasteiger partial charge in [0.25, 0.3) is 0 Å². The maximum absolute atomic E-state index is 10.0. The molecule has 4 heteroatoms. The molecule has 1 fully saturated rings. The maximum atomic E-state index is 10.0. The number of hydrogen-bond acceptors (Lipinski definition) is 4. The van der Waals surface area contributed by atoms with E-state index in [1.54, 1.807) is 11.3 Å². The zero-order valence-electron chi connectivity index (χ0n) is 9.52. The Labute approximate surface area is 100 Å². The highest BCUT2D eigenvalue weighted by Crippen LogP contribution is 2.20. The topological polar surface area (TPSA) is 38.7 Å². The Morgan fingerprint density at radius 2 is 2.25 bits per heavy atom. The fraction of sp³-hybridized carbons (Fsp3) is 0.667. The van der Waals surface area contributed by atoms with Crippen LogP contribution in [0.4, 0.5) is 0 Å². The van der Waals surface area contributed by atoms with E-state index >= 15 is 0 Å². The molecule has 2 unspecified atom stereocenters. The van der Waals surface area contributed by atoms with Crippen molar-refractivity contribution in [3.05, 3.63) is 21.9 Å². The highest BCUT2D eigenvalue weighted by molar-refractivity contribution is 7.11. The molecule has 2 atom stereocenters. The molecule has 2 rings (SSSR count). The molecule has 1 saturated heterocycles. The molecule has 3 nitrogen and oxygen atoms in total. The molecular weight excluding hydrogens is 224 g/mol. The number of thiophene rings is 1. The van der Waals surface area contributed by atoms with Crippen molar-refractivity contribution in [2.75, 3.05) is 19.8 Å². The van der Waals surface area contributed by atoms with Crippen molar-refractivity contribution in [3.8, 4) is 0 Å². The van der Waals surface area contributed by atoms with E-state index in [9.17, 15) is 5.11 Å². The molecule has 1 aliphatic rings. The van der Waals surface area contributed by atoms with Crippen LogP contribution in [0.2, 0.25) is 0 Å². The highest BCUT2D eigenvalue weighted by Gasteiger charge is 2.23. The zero-order chi connectivity index (χ0) is 11.4. The van der Waals surface area contributed by atoms with E-state index < -0.39 is 6.10 Å². The van der Waals surface area contributed by atoms with Crippen LogP contribution in [0.3, 0.4) is 0 Å². The normalized spacial score (nSPS) is 23.2. The van der Waals surface area contributed by atoms with Crippen LogP contribution < -0.4 is 0 Å².